The molecule has 0 N–H and O–H groups in total. The summed E-state index contributed by atoms with van der Waals surface area (Å²) in [6.07, 6.45) is 0. The molecule has 3 aromatic heterocycles. The van der Waals surface area contributed by atoms with Gasteiger partial charge in [-0.05, 0) is 94.3 Å². The molecule has 0 amide bonds. The summed E-state index contributed by atoms with van der Waals surface area (Å²) in [5.41, 5.74) is -4.19. The average molecular weight is 752 g/mol. The van der Waals surface area contributed by atoms with Crippen molar-refractivity contribution in [3.63, 3.8) is 0 Å². The predicted molar refractivity (Wildman–Crippen MR) is 239 cm³/mol. The number of fused-ring (bicyclic) bond motifs is 9. The maximum absolute atomic E-state index is 9.98. The third-order valence-corrected chi connectivity index (χ3v) is 9.82. The predicted octanol–water partition coefficient (Wildman–Crippen LogP) is 14.8. The second kappa shape index (κ2) is 12.5. The molecule has 0 aliphatic carbocycles. The lowest BCUT2D eigenvalue weighted by Crippen LogP contribution is -1.94. The molecular formula is C54H34N2O. The molecule has 0 bridgehead atoms. The van der Waals surface area contributed by atoms with E-state index < -0.39 is 223 Å². The van der Waals surface area contributed by atoms with Crippen LogP contribution in [-0.4, -0.2) is 9.13 Å². The molecule has 0 aliphatic rings. The van der Waals surface area contributed by atoms with E-state index in [1.807, 2.05) is 30.3 Å². The normalized spacial score (nSPS) is 18.0. The summed E-state index contributed by atoms with van der Waals surface area (Å²) in [5, 5.41) is -2.65. The molecule has 0 unspecified atom stereocenters. The van der Waals surface area contributed by atoms with Crippen LogP contribution in [0.4, 0.5) is 0 Å². The van der Waals surface area contributed by atoms with Crippen molar-refractivity contribution >= 4 is 65.6 Å². The van der Waals surface area contributed by atoms with Crippen LogP contribution in [0.15, 0.2) is 210 Å². The third-order valence-electron chi connectivity index (χ3n) is 9.82. The zero-order valence-electron chi connectivity index (χ0n) is 54.0. The van der Waals surface area contributed by atoms with Gasteiger partial charge in [-0.2, -0.15) is 0 Å². The number of benzene rings is 9. The maximum atomic E-state index is 9.98. The minimum atomic E-state index is -0.947. The van der Waals surface area contributed by atoms with Crippen LogP contribution in [0.2, 0.25) is 0 Å². The van der Waals surface area contributed by atoms with Gasteiger partial charge in [-0.3, -0.25) is 0 Å². The lowest BCUT2D eigenvalue weighted by molar-refractivity contribution is 0.670. The van der Waals surface area contributed by atoms with Gasteiger partial charge in [0.2, 0.25) is 0 Å². The Bertz CT molecular complexity index is 4940. The van der Waals surface area contributed by atoms with Gasteiger partial charge in [0, 0.05) is 49.3 Å². The molecule has 0 radical (unpaired) electrons. The van der Waals surface area contributed by atoms with Crippen molar-refractivity contribution in [1.82, 2.24) is 9.13 Å². The highest BCUT2D eigenvalue weighted by Crippen LogP contribution is 2.41. The molecule has 3 nitrogen and oxygen atoms in total. The SMILES string of the molecule is [2H]c1c([2H])c([2H])c(-c2c([2H])c([2H])c([2H])c3c2oc2c([2H])c([2H])c(-n4c5c([2H])c([2H])c([2H])c([2H])c5c5c([2H])c(-c6c([2H])c([2H])c7c(c6[2H])c6c([2H])c([2H])c([2H])c([2H])c6n7-c6ccc(-c7ccccc7)cc6)c([2H])c([2H])c54)c([2H])c23)c([2H])c1[2H]. The molecule has 0 saturated carbocycles. The van der Waals surface area contributed by atoms with Gasteiger partial charge >= 0.3 is 0 Å². The van der Waals surface area contributed by atoms with Gasteiger partial charge in [-0.25, -0.2) is 0 Å². The van der Waals surface area contributed by atoms with Gasteiger partial charge in [-0.15, -0.1) is 0 Å². The number of furan rings is 1. The Labute approximate surface area is 364 Å². The molecule has 12 rings (SSSR count). The van der Waals surface area contributed by atoms with Gasteiger partial charge in [0.05, 0.1) is 56.3 Å². The summed E-state index contributed by atoms with van der Waals surface area (Å²) in [7, 11) is 0. The second-order valence-corrected chi connectivity index (χ2v) is 13.0. The molecule has 3 heterocycles. The topological polar surface area (TPSA) is 23.0 Å². The summed E-state index contributed by atoms with van der Waals surface area (Å²) in [6, 6.07) is -4.09. The van der Waals surface area contributed by atoms with Crippen molar-refractivity contribution in [3.8, 4) is 44.8 Å². The lowest BCUT2D eigenvalue weighted by Gasteiger charge is -2.10. The van der Waals surface area contributed by atoms with Gasteiger partial charge < -0.3 is 13.6 Å². The highest BCUT2D eigenvalue weighted by atomic mass is 16.3. The number of nitrogens with zero attached hydrogens (tertiary/aromatic N) is 2. The van der Waals surface area contributed by atoms with E-state index in [0.717, 1.165) is 15.7 Å². The second-order valence-electron chi connectivity index (χ2n) is 13.0. The van der Waals surface area contributed by atoms with Crippen LogP contribution in [0.1, 0.15) is 34.3 Å². The van der Waals surface area contributed by atoms with Crippen LogP contribution < -0.4 is 0 Å². The number of para-hydroxylation sites is 3. The van der Waals surface area contributed by atoms with E-state index in [4.69, 9.17) is 22.2 Å². The Hall–Kier alpha value is -7.62. The van der Waals surface area contributed by atoms with Crippen LogP contribution in [0.5, 0.6) is 0 Å². The Morgan fingerprint density at radius 1 is 0.351 bits per heavy atom. The first-order chi connectivity index (χ1) is 38.7. The van der Waals surface area contributed by atoms with Crippen LogP contribution in [0.25, 0.3) is 110 Å². The summed E-state index contributed by atoms with van der Waals surface area (Å²) in [4.78, 5) is 0. The van der Waals surface area contributed by atoms with Gasteiger partial charge in [0.1, 0.15) is 11.2 Å². The summed E-state index contributed by atoms with van der Waals surface area (Å²) in [6.45, 7) is 0. The fourth-order valence-electron chi connectivity index (χ4n) is 7.27. The first kappa shape index (κ1) is 15.9. The van der Waals surface area contributed by atoms with Crippen molar-refractivity contribution in [2.75, 3.05) is 0 Å². The van der Waals surface area contributed by atoms with Crippen molar-refractivity contribution in [2.45, 2.75) is 0 Å². The molecule has 57 heavy (non-hydrogen) atoms. The Kier molecular flexibility index (Phi) is 3.46. The smallest absolute Gasteiger partial charge is 0.143 e. The standard InChI is InChI=1S/C54H34N2O/c1-3-12-35(13-4-1)36-22-26-40(27-23-36)55-49-20-9-7-16-43(49)46-32-38(24-29-51(46)55)39-25-30-52-47(33-39)44-17-8-10-21-50(44)56(52)41-28-31-53-48(34-41)45-19-11-18-42(54(45)57-53)37-14-5-2-6-15-37/h1-34H/i2D,5D,6D,7D,8D,9D,10D,11D,14D,15D,16D,17D,18D,19D,20D,21D,24D,25D,28D,29D,30D,31D,32D,33D,34D. The fraction of sp³-hybridized carbons (Fsp3) is 0. The number of rotatable bonds is 5. The summed E-state index contributed by atoms with van der Waals surface area (Å²) < 4.78 is 236. The molecule has 0 saturated heterocycles. The molecule has 0 atom stereocenters. The molecule has 3 heteroatoms. The number of hydrogen-bond donors (Lipinski definition) is 0. The van der Waals surface area contributed by atoms with E-state index in [1.54, 1.807) is 24.3 Å². The van der Waals surface area contributed by atoms with Gasteiger partial charge in [0.25, 0.3) is 0 Å². The van der Waals surface area contributed by atoms with Crippen LogP contribution in [0, 0.1) is 0 Å². The third kappa shape index (κ3) is 4.92. The Morgan fingerprint density at radius 3 is 1.61 bits per heavy atom. The molecular weight excluding hydrogens is 693 g/mol. The van der Waals surface area contributed by atoms with E-state index in [9.17, 15) is 16.4 Å². The van der Waals surface area contributed by atoms with E-state index >= 15 is 0 Å². The fourth-order valence-corrected chi connectivity index (χ4v) is 7.27. The van der Waals surface area contributed by atoms with Crippen molar-refractivity contribution in [2.24, 2.45) is 0 Å². The van der Waals surface area contributed by atoms with Crippen molar-refractivity contribution in [3.05, 3.63) is 206 Å². The van der Waals surface area contributed by atoms with E-state index in [-0.39, 0.29) is 27.5 Å². The van der Waals surface area contributed by atoms with Gasteiger partial charge in [-0.1, -0.05) is 139 Å². The first-order valence-corrected chi connectivity index (χ1v) is 17.5. The molecule has 12 aromatic rings. The average Bonchev–Trinajstić information content (AvgIpc) is 1.86. The van der Waals surface area contributed by atoms with Gasteiger partial charge in [0.15, 0.2) is 0 Å². The monoisotopic (exact) mass is 751 g/mol. The highest BCUT2D eigenvalue weighted by molar-refractivity contribution is 6.14. The number of aromatic nitrogens is 2. The van der Waals surface area contributed by atoms with Crippen molar-refractivity contribution < 1.29 is 38.7 Å². The minimum Gasteiger partial charge on any atom is -0.455 e. The molecule has 0 spiro atoms. The molecule has 0 aliphatic heterocycles. The lowest BCUT2D eigenvalue weighted by atomic mass is 10.0. The van der Waals surface area contributed by atoms with E-state index in [1.165, 1.54) is 4.57 Å². The minimum absolute atomic E-state index is 0.171. The van der Waals surface area contributed by atoms with Crippen molar-refractivity contribution in [1.29, 1.82) is 0 Å². The van der Waals surface area contributed by atoms with Crippen LogP contribution in [0.3, 0.4) is 0 Å². The van der Waals surface area contributed by atoms with Crippen LogP contribution in [-0.2, 0) is 0 Å². The summed E-state index contributed by atoms with van der Waals surface area (Å²) in [5.74, 6) is 0. The maximum Gasteiger partial charge on any atom is 0.143 e. The first-order valence-electron chi connectivity index (χ1n) is 30.0. The van der Waals surface area contributed by atoms with E-state index in [2.05, 4.69) is 0 Å². The zero-order chi connectivity index (χ0) is 59.2. The molecule has 9 aromatic carbocycles. The van der Waals surface area contributed by atoms with E-state index in [0.29, 0.717) is 0 Å². The van der Waals surface area contributed by atoms with Crippen LogP contribution >= 0.6 is 0 Å². The Balaban J connectivity index is 1.21. The Morgan fingerprint density at radius 2 is 0.930 bits per heavy atom. The summed E-state index contributed by atoms with van der Waals surface area (Å²) >= 11 is 0. The molecule has 0 fully saturated rings. The largest absolute Gasteiger partial charge is 0.455 e. The number of hydrogen-bond acceptors (Lipinski definition) is 1. The quantitative estimate of drug-likeness (QED) is 0.172. The molecule has 266 valence electrons. The highest BCUT2D eigenvalue weighted by Gasteiger charge is 2.18. The zero-order valence-corrected chi connectivity index (χ0v) is 29.0.